The van der Waals surface area contributed by atoms with Gasteiger partial charge in [-0.15, -0.1) is 0 Å². The number of fused-ring (bicyclic) bond motifs is 1. The number of aromatic amines is 1. The van der Waals surface area contributed by atoms with Crippen LogP contribution in [0.4, 0.5) is 0 Å². The van der Waals surface area contributed by atoms with E-state index in [4.69, 9.17) is 5.73 Å². The molecule has 0 radical (unpaired) electrons. The van der Waals surface area contributed by atoms with Gasteiger partial charge in [0.25, 0.3) is 0 Å². The molecule has 0 bridgehead atoms. The highest BCUT2D eigenvalue weighted by Crippen LogP contribution is 2.09. The third-order valence-electron chi connectivity index (χ3n) is 2.96. The number of H-pyrrole nitrogens is 1. The average molecular weight is 258 g/mol. The van der Waals surface area contributed by atoms with Crippen LogP contribution in [0.25, 0.3) is 5.65 Å². The lowest BCUT2D eigenvalue weighted by Gasteiger charge is -2.14. The van der Waals surface area contributed by atoms with Crippen LogP contribution in [0.2, 0.25) is 0 Å². The minimum atomic E-state index is -0.327. The zero-order valence-corrected chi connectivity index (χ0v) is 10.4. The van der Waals surface area contributed by atoms with Crippen molar-refractivity contribution in [2.75, 3.05) is 0 Å². The van der Waals surface area contributed by atoms with E-state index in [2.05, 4.69) is 15.2 Å². The molecule has 3 heterocycles. The van der Waals surface area contributed by atoms with Crippen LogP contribution >= 0.6 is 0 Å². The summed E-state index contributed by atoms with van der Waals surface area (Å²) in [5, 5.41) is 6.78. The van der Waals surface area contributed by atoms with Crippen LogP contribution in [0.3, 0.4) is 0 Å². The van der Waals surface area contributed by atoms with Crippen LogP contribution in [0, 0.1) is 0 Å². The molecule has 7 nitrogen and oxygen atoms in total. The summed E-state index contributed by atoms with van der Waals surface area (Å²) in [5.41, 5.74) is 7.12. The minimum absolute atomic E-state index is 0.162. The van der Waals surface area contributed by atoms with Gasteiger partial charge in [0.15, 0.2) is 0 Å². The summed E-state index contributed by atoms with van der Waals surface area (Å²) >= 11 is 0. The van der Waals surface area contributed by atoms with E-state index in [9.17, 15) is 4.79 Å². The number of rotatable bonds is 3. The van der Waals surface area contributed by atoms with Gasteiger partial charge in [0, 0.05) is 12.4 Å². The van der Waals surface area contributed by atoms with Gasteiger partial charge < -0.3 is 5.73 Å². The van der Waals surface area contributed by atoms with E-state index < -0.39 is 0 Å². The molecular weight excluding hydrogens is 244 g/mol. The first-order valence-electron chi connectivity index (χ1n) is 5.99. The van der Waals surface area contributed by atoms with Gasteiger partial charge in [-0.2, -0.15) is 5.10 Å². The van der Waals surface area contributed by atoms with E-state index in [0.717, 1.165) is 5.69 Å². The molecule has 0 saturated carbocycles. The van der Waals surface area contributed by atoms with Crippen molar-refractivity contribution in [2.45, 2.75) is 19.5 Å². The van der Waals surface area contributed by atoms with E-state index in [1.807, 2.05) is 13.0 Å². The summed E-state index contributed by atoms with van der Waals surface area (Å²) in [4.78, 5) is 16.9. The lowest BCUT2D eigenvalue weighted by molar-refractivity contribution is 0.583. The second-order valence-electron chi connectivity index (χ2n) is 4.43. The van der Waals surface area contributed by atoms with E-state index in [1.54, 1.807) is 29.1 Å². The van der Waals surface area contributed by atoms with Crippen molar-refractivity contribution in [1.82, 2.24) is 24.1 Å². The van der Waals surface area contributed by atoms with Crippen molar-refractivity contribution >= 4 is 5.65 Å². The quantitative estimate of drug-likeness (QED) is 0.706. The van der Waals surface area contributed by atoms with Crippen LogP contribution in [0.5, 0.6) is 0 Å². The van der Waals surface area contributed by atoms with Crippen LogP contribution < -0.4 is 11.4 Å². The average Bonchev–Trinajstić information content (AvgIpc) is 3.03. The molecule has 1 atom stereocenters. The third kappa shape index (κ3) is 1.93. The molecule has 7 heteroatoms. The van der Waals surface area contributed by atoms with Crippen molar-refractivity contribution < 1.29 is 0 Å². The first kappa shape index (κ1) is 11.7. The standard InChI is InChI=1S/C12H14N6O/c1-8(13)11-15-10-3-2-6-17(10)12(19)18(11)7-9-4-5-14-16-9/h2-6,8H,7,13H2,1H3,(H,14,16). The van der Waals surface area contributed by atoms with Crippen molar-refractivity contribution in [3.05, 3.63) is 52.6 Å². The molecule has 98 valence electrons. The van der Waals surface area contributed by atoms with Crippen LogP contribution in [0.1, 0.15) is 24.5 Å². The fourth-order valence-corrected chi connectivity index (χ4v) is 2.07. The van der Waals surface area contributed by atoms with Gasteiger partial charge in [0.05, 0.1) is 18.3 Å². The number of aromatic nitrogens is 5. The van der Waals surface area contributed by atoms with Gasteiger partial charge >= 0.3 is 5.69 Å². The lowest BCUT2D eigenvalue weighted by Crippen LogP contribution is -2.33. The SMILES string of the molecule is CC(N)c1nc2cccn2c(=O)n1Cc1cc[nH]n1. The first-order chi connectivity index (χ1) is 9.16. The molecule has 0 saturated heterocycles. The van der Waals surface area contributed by atoms with Crippen molar-refractivity contribution in [3.63, 3.8) is 0 Å². The van der Waals surface area contributed by atoms with Gasteiger partial charge in [0.1, 0.15) is 11.5 Å². The number of nitrogens with zero attached hydrogens (tertiary/aromatic N) is 4. The number of nitrogens with two attached hydrogens (primary N) is 1. The zero-order chi connectivity index (χ0) is 13.4. The Labute approximate surface area is 108 Å². The molecule has 19 heavy (non-hydrogen) atoms. The van der Waals surface area contributed by atoms with E-state index in [1.165, 1.54) is 4.40 Å². The summed E-state index contributed by atoms with van der Waals surface area (Å²) in [6, 6.07) is 5.06. The van der Waals surface area contributed by atoms with E-state index in [0.29, 0.717) is 18.0 Å². The van der Waals surface area contributed by atoms with E-state index in [-0.39, 0.29) is 11.7 Å². The first-order valence-corrected chi connectivity index (χ1v) is 5.99. The topological polar surface area (TPSA) is 94.0 Å². The Bertz CT molecular complexity index is 752. The summed E-state index contributed by atoms with van der Waals surface area (Å²) in [7, 11) is 0. The molecule has 3 N–H and O–H groups in total. The third-order valence-corrected chi connectivity index (χ3v) is 2.96. The molecule has 3 aromatic heterocycles. The fourth-order valence-electron chi connectivity index (χ4n) is 2.07. The maximum absolute atomic E-state index is 12.4. The molecule has 0 fully saturated rings. The fraction of sp³-hybridized carbons (Fsp3) is 0.250. The Morgan fingerprint density at radius 1 is 1.47 bits per heavy atom. The molecule has 0 aliphatic carbocycles. The maximum atomic E-state index is 12.4. The second kappa shape index (κ2) is 4.36. The number of hydrogen-bond donors (Lipinski definition) is 2. The molecule has 0 aliphatic rings. The smallest absolute Gasteiger partial charge is 0.322 e. The Kier molecular flexibility index (Phi) is 2.68. The zero-order valence-electron chi connectivity index (χ0n) is 10.4. The van der Waals surface area contributed by atoms with Gasteiger partial charge in [-0.3, -0.25) is 14.1 Å². The molecule has 0 spiro atoms. The summed E-state index contributed by atoms with van der Waals surface area (Å²) in [5.74, 6) is 0.555. The summed E-state index contributed by atoms with van der Waals surface area (Å²) in [6.45, 7) is 2.16. The molecular formula is C12H14N6O. The van der Waals surface area contributed by atoms with E-state index >= 15 is 0 Å². The molecule has 1 unspecified atom stereocenters. The van der Waals surface area contributed by atoms with Crippen molar-refractivity contribution in [3.8, 4) is 0 Å². The van der Waals surface area contributed by atoms with Crippen LogP contribution in [-0.2, 0) is 6.54 Å². The van der Waals surface area contributed by atoms with Crippen molar-refractivity contribution in [1.29, 1.82) is 0 Å². The Hall–Kier alpha value is -2.41. The van der Waals surface area contributed by atoms with Crippen LogP contribution in [-0.4, -0.2) is 24.1 Å². The van der Waals surface area contributed by atoms with Crippen molar-refractivity contribution in [2.24, 2.45) is 5.73 Å². The Morgan fingerprint density at radius 2 is 2.32 bits per heavy atom. The van der Waals surface area contributed by atoms with Gasteiger partial charge in [-0.1, -0.05) is 0 Å². The number of nitrogens with one attached hydrogen (secondary N) is 1. The highest BCUT2D eigenvalue weighted by Gasteiger charge is 2.14. The summed E-state index contributed by atoms with van der Waals surface area (Å²) < 4.78 is 3.05. The van der Waals surface area contributed by atoms with Gasteiger partial charge in [0.2, 0.25) is 0 Å². The Balaban J connectivity index is 2.22. The molecule has 0 aliphatic heterocycles. The molecule has 0 amide bonds. The van der Waals surface area contributed by atoms with Gasteiger partial charge in [-0.05, 0) is 25.1 Å². The van der Waals surface area contributed by atoms with Gasteiger partial charge in [-0.25, -0.2) is 9.78 Å². The minimum Gasteiger partial charge on any atom is -0.322 e. The lowest BCUT2D eigenvalue weighted by atomic mass is 10.3. The Morgan fingerprint density at radius 3 is 3.00 bits per heavy atom. The highest BCUT2D eigenvalue weighted by molar-refractivity contribution is 5.38. The predicted octanol–water partition coefficient (Wildman–Crippen LogP) is 0.287. The largest absolute Gasteiger partial charge is 0.335 e. The molecule has 3 aromatic rings. The maximum Gasteiger partial charge on any atom is 0.335 e. The number of hydrogen-bond acceptors (Lipinski definition) is 4. The second-order valence-corrected chi connectivity index (χ2v) is 4.43. The van der Waals surface area contributed by atoms with Crippen LogP contribution in [0.15, 0.2) is 35.4 Å². The molecule has 3 rings (SSSR count). The monoisotopic (exact) mass is 258 g/mol. The highest BCUT2D eigenvalue weighted by atomic mass is 16.1. The predicted molar refractivity (Wildman–Crippen MR) is 69.7 cm³/mol. The molecule has 0 aromatic carbocycles. The normalized spacial score (nSPS) is 12.9. The summed E-state index contributed by atoms with van der Waals surface area (Å²) in [6.07, 6.45) is 3.41.